The normalized spacial score (nSPS) is 26.8. The van der Waals surface area contributed by atoms with E-state index in [4.69, 9.17) is 0 Å². The first kappa shape index (κ1) is 20.3. The van der Waals surface area contributed by atoms with E-state index in [2.05, 4.69) is 6.92 Å². The summed E-state index contributed by atoms with van der Waals surface area (Å²) in [6, 6.07) is 8.55. The molecule has 4 atom stereocenters. The maximum Gasteiger partial charge on any atom is 0.152 e. The molecule has 0 heterocycles. The Morgan fingerprint density at radius 1 is 1.03 bits per heavy atom. The van der Waals surface area contributed by atoms with Crippen molar-refractivity contribution in [3.63, 3.8) is 0 Å². The van der Waals surface area contributed by atoms with E-state index in [0.29, 0.717) is 11.3 Å². The lowest BCUT2D eigenvalue weighted by atomic mass is 9.63. The van der Waals surface area contributed by atoms with Crippen LogP contribution >= 0.6 is 0 Å². The molecule has 3 heteroatoms. The number of halogens is 2. The Bertz CT molecular complexity index is 913. The zero-order valence-corrected chi connectivity index (χ0v) is 17.4. The first-order valence-corrected chi connectivity index (χ1v) is 11.4. The highest BCUT2D eigenvalue weighted by molar-refractivity contribution is 5.86. The molecule has 0 aromatic heterocycles. The molecule has 2 fully saturated rings. The molecular formula is C26H31F2N. The second-order valence-electron chi connectivity index (χ2n) is 9.31. The van der Waals surface area contributed by atoms with Crippen LogP contribution in [0.4, 0.5) is 8.78 Å². The molecule has 2 aromatic rings. The molecule has 2 aliphatic rings. The SMILES string of the molecule is CCCCCC1CCC2CC(c3cc4cccc(F)c4c(F)c3C#N)CCC2C1. The van der Waals surface area contributed by atoms with Crippen LogP contribution in [0.25, 0.3) is 10.8 Å². The van der Waals surface area contributed by atoms with E-state index in [1.54, 1.807) is 12.1 Å². The monoisotopic (exact) mass is 395 g/mol. The summed E-state index contributed by atoms with van der Waals surface area (Å²) >= 11 is 0. The van der Waals surface area contributed by atoms with Crippen molar-refractivity contribution in [2.24, 2.45) is 17.8 Å². The van der Waals surface area contributed by atoms with Crippen molar-refractivity contribution in [1.29, 1.82) is 5.26 Å². The standard InChI is InChI=1S/C26H31F2N/c1-2-3-4-6-17-9-10-19-14-20(12-11-18(19)13-17)22-15-21-7-5-8-24(27)25(21)26(28)23(22)16-29/h5,7-8,15,17-20H,2-4,6,9-14H2,1H3. The van der Waals surface area contributed by atoms with Crippen LogP contribution in [-0.4, -0.2) is 0 Å². The molecule has 0 saturated heterocycles. The summed E-state index contributed by atoms with van der Waals surface area (Å²) in [6.45, 7) is 2.26. The third-order valence-corrected chi connectivity index (χ3v) is 7.57. The van der Waals surface area contributed by atoms with E-state index in [1.807, 2.05) is 12.1 Å². The molecule has 2 aliphatic carbocycles. The minimum atomic E-state index is -0.681. The van der Waals surface area contributed by atoms with Gasteiger partial charge in [0.15, 0.2) is 5.82 Å². The van der Waals surface area contributed by atoms with Crippen LogP contribution in [0.15, 0.2) is 24.3 Å². The smallest absolute Gasteiger partial charge is 0.152 e. The van der Waals surface area contributed by atoms with Gasteiger partial charge in [-0.25, -0.2) is 8.78 Å². The summed E-state index contributed by atoms with van der Waals surface area (Å²) < 4.78 is 29.2. The fourth-order valence-electron chi connectivity index (χ4n) is 6.03. The van der Waals surface area contributed by atoms with Gasteiger partial charge in [0.05, 0.1) is 10.9 Å². The summed E-state index contributed by atoms with van der Waals surface area (Å²) in [5, 5.41) is 10.2. The second kappa shape index (κ2) is 8.82. The lowest BCUT2D eigenvalue weighted by molar-refractivity contribution is 0.113. The third kappa shape index (κ3) is 4.04. The number of hydrogen-bond donors (Lipinski definition) is 0. The molecular weight excluding hydrogens is 364 g/mol. The zero-order valence-electron chi connectivity index (χ0n) is 17.4. The van der Waals surface area contributed by atoms with Crippen LogP contribution in [-0.2, 0) is 0 Å². The molecule has 1 nitrogen and oxygen atoms in total. The Morgan fingerprint density at radius 2 is 1.83 bits per heavy atom. The summed E-state index contributed by atoms with van der Waals surface area (Å²) in [7, 11) is 0. The fourth-order valence-corrected chi connectivity index (χ4v) is 6.03. The van der Waals surface area contributed by atoms with Crippen LogP contribution in [0.5, 0.6) is 0 Å². The first-order chi connectivity index (χ1) is 14.1. The third-order valence-electron chi connectivity index (χ3n) is 7.57. The molecule has 0 spiro atoms. The van der Waals surface area contributed by atoms with Crippen molar-refractivity contribution in [1.82, 2.24) is 0 Å². The number of nitriles is 1. The van der Waals surface area contributed by atoms with Gasteiger partial charge in [-0.3, -0.25) is 0 Å². The number of rotatable bonds is 5. The van der Waals surface area contributed by atoms with Crippen molar-refractivity contribution in [3.8, 4) is 6.07 Å². The molecule has 0 bridgehead atoms. The number of benzene rings is 2. The predicted octanol–water partition coefficient (Wildman–Crippen LogP) is 7.87. The number of fused-ring (bicyclic) bond motifs is 2. The molecule has 4 rings (SSSR count). The fraction of sp³-hybridized carbons (Fsp3) is 0.577. The molecule has 0 amide bonds. The summed E-state index contributed by atoms with van der Waals surface area (Å²) in [5.74, 6) is 1.31. The minimum Gasteiger partial charge on any atom is -0.206 e. The van der Waals surface area contributed by atoms with Crippen molar-refractivity contribution in [2.75, 3.05) is 0 Å². The van der Waals surface area contributed by atoms with E-state index in [-0.39, 0.29) is 16.9 Å². The van der Waals surface area contributed by atoms with Crippen LogP contribution < -0.4 is 0 Å². The molecule has 154 valence electrons. The van der Waals surface area contributed by atoms with Crippen LogP contribution in [0, 0.1) is 40.7 Å². The lowest BCUT2D eigenvalue weighted by Crippen LogP contribution is -2.30. The van der Waals surface area contributed by atoms with Crippen molar-refractivity contribution in [3.05, 3.63) is 47.0 Å². The molecule has 2 aromatic carbocycles. The van der Waals surface area contributed by atoms with E-state index in [1.165, 1.54) is 57.4 Å². The van der Waals surface area contributed by atoms with Gasteiger partial charge in [-0.1, -0.05) is 51.2 Å². The number of hydrogen-bond acceptors (Lipinski definition) is 1. The van der Waals surface area contributed by atoms with Crippen molar-refractivity contribution in [2.45, 2.75) is 77.0 Å². The molecule has 2 saturated carbocycles. The highest BCUT2D eigenvalue weighted by atomic mass is 19.1. The van der Waals surface area contributed by atoms with Crippen molar-refractivity contribution >= 4 is 10.8 Å². The highest BCUT2D eigenvalue weighted by Gasteiger charge is 2.37. The largest absolute Gasteiger partial charge is 0.206 e. The molecule has 29 heavy (non-hydrogen) atoms. The van der Waals surface area contributed by atoms with Crippen molar-refractivity contribution < 1.29 is 8.78 Å². The van der Waals surface area contributed by atoms with Gasteiger partial charge < -0.3 is 0 Å². The predicted molar refractivity (Wildman–Crippen MR) is 114 cm³/mol. The Balaban J connectivity index is 1.53. The van der Waals surface area contributed by atoms with Crippen LogP contribution in [0.1, 0.15) is 88.2 Å². The lowest BCUT2D eigenvalue weighted by Gasteiger charge is -2.42. The van der Waals surface area contributed by atoms with Crippen LogP contribution in [0.2, 0.25) is 0 Å². The molecule has 0 radical (unpaired) electrons. The van der Waals surface area contributed by atoms with Gasteiger partial charge in [0.25, 0.3) is 0 Å². The van der Waals surface area contributed by atoms with Gasteiger partial charge in [0.1, 0.15) is 11.9 Å². The summed E-state index contributed by atoms with van der Waals surface area (Å²) in [4.78, 5) is 0. The number of unbranched alkanes of at least 4 members (excludes halogenated alkanes) is 2. The Labute approximate surface area is 173 Å². The molecule has 0 aliphatic heterocycles. The maximum atomic E-state index is 15.0. The quantitative estimate of drug-likeness (QED) is 0.473. The topological polar surface area (TPSA) is 23.8 Å². The first-order valence-electron chi connectivity index (χ1n) is 11.4. The van der Waals surface area contributed by atoms with Gasteiger partial charge >= 0.3 is 0 Å². The van der Waals surface area contributed by atoms with Gasteiger partial charge in [-0.15, -0.1) is 0 Å². The highest BCUT2D eigenvalue weighted by Crippen LogP contribution is 2.49. The van der Waals surface area contributed by atoms with Gasteiger partial charge in [-0.05, 0) is 78.9 Å². The van der Waals surface area contributed by atoms with Crippen LogP contribution in [0.3, 0.4) is 0 Å². The average Bonchev–Trinajstić information content (AvgIpc) is 2.73. The molecule has 4 unspecified atom stereocenters. The van der Waals surface area contributed by atoms with E-state index in [0.717, 1.165) is 30.2 Å². The molecule has 0 N–H and O–H groups in total. The summed E-state index contributed by atoms with van der Waals surface area (Å²) in [5.41, 5.74) is 0.853. The zero-order chi connectivity index (χ0) is 20.4. The van der Waals surface area contributed by atoms with Gasteiger partial charge in [0.2, 0.25) is 0 Å². The Hall–Kier alpha value is -1.95. The van der Waals surface area contributed by atoms with E-state index >= 15 is 4.39 Å². The van der Waals surface area contributed by atoms with Gasteiger partial charge in [0, 0.05) is 0 Å². The maximum absolute atomic E-state index is 15.0. The van der Waals surface area contributed by atoms with E-state index < -0.39 is 11.6 Å². The van der Waals surface area contributed by atoms with Gasteiger partial charge in [-0.2, -0.15) is 5.26 Å². The number of nitrogens with zero attached hydrogens (tertiary/aromatic N) is 1. The summed E-state index contributed by atoms with van der Waals surface area (Å²) in [6.07, 6.45) is 12.5. The Morgan fingerprint density at radius 3 is 2.62 bits per heavy atom. The average molecular weight is 396 g/mol. The second-order valence-corrected chi connectivity index (χ2v) is 9.31. The Kier molecular flexibility index (Phi) is 6.18. The minimum absolute atomic E-state index is 0.0472. The van der Waals surface area contributed by atoms with E-state index in [9.17, 15) is 9.65 Å².